The van der Waals surface area contributed by atoms with Gasteiger partial charge in [-0.3, -0.25) is 4.79 Å². The zero-order valence-electron chi connectivity index (χ0n) is 13.4. The number of nitrogens with zero attached hydrogens (tertiary/aromatic N) is 2. The molecule has 1 aliphatic heterocycles. The molecular weight excluding hydrogens is 316 g/mol. The van der Waals surface area contributed by atoms with Crippen molar-refractivity contribution in [1.82, 2.24) is 9.21 Å². The monoisotopic (exact) mass is 338 g/mol. The molecule has 2 aliphatic rings. The van der Waals surface area contributed by atoms with Crippen LogP contribution < -0.4 is 4.74 Å². The molecule has 0 atom stereocenters. The van der Waals surface area contributed by atoms with E-state index in [-0.39, 0.29) is 23.5 Å². The van der Waals surface area contributed by atoms with E-state index in [4.69, 9.17) is 4.74 Å². The molecule has 1 aromatic carbocycles. The molecule has 0 radical (unpaired) electrons. The van der Waals surface area contributed by atoms with Gasteiger partial charge in [-0.15, -0.1) is 0 Å². The van der Waals surface area contributed by atoms with Crippen LogP contribution in [0.2, 0.25) is 0 Å². The van der Waals surface area contributed by atoms with Crippen molar-refractivity contribution in [2.45, 2.75) is 43.7 Å². The topological polar surface area (TPSA) is 66.9 Å². The molecule has 23 heavy (non-hydrogen) atoms. The molecule has 7 heteroatoms. The molecule has 1 saturated carbocycles. The Labute approximate surface area is 137 Å². The van der Waals surface area contributed by atoms with Crippen molar-refractivity contribution in [2.75, 3.05) is 19.6 Å². The molecule has 126 valence electrons. The van der Waals surface area contributed by atoms with Crippen LogP contribution in [-0.2, 0) is 14.8 Å². The lowest BCUT2D eigenvalue weighted by Crippen LogP contribution is -2.52. The van der Waals surface area contributed by atoms with Crippen molar-refractivity contribution in [3.8, 4) is 5.75 Å². The molecule has 2 fully saturated rings. The summed E-state index contributed by atoms with van der Waals surface area (Å²) in [5, 5.41) is 0. The number of rotatable bonds is 5. The fourth-order valence-electron chi connectivity index (χ4n) is 2.75. The maximum atomic E-state index is 12.7. The van der Waals surface area contributed by atoms with Gasteiger partial charge in [-0.1, -0.05) is 0 Å². The smallest absolute Gasteiger partial charge is 0.243 e. The number of sulfonamides is 1. The quantitative estimate of drug-likeness (QED) is 0.815. The van der Waals surface area contributed by atoms with Crippen LogP contribution in [0.4, 0.5) is 0 Å². The number of carbonyl (C=O) groups excluding carboxylic acids is 1. The van der Waals surface area contributed by atoms with Gasteiger partial charge in [0.1, 0.15) is 5.75 Å². The van der Waals surface area contributed by atoms with Crippen LogP contribution in [0.5, 0.6) is 5.75 Å². The summed E-state index contributed by atoms with van der Waals surface area (Å²) in [6.07, 6.45) is 2.11. The van der Waals surface area contributed by atoms with Gasteiger partial charge in [-0.25, -0.2) is 8.42 Å². The van der Waals surface area contributed by atoms with E-state index in [2.05, 4.69) is 0 Å². The van der Waals surface area contributed by atoms with Crippen molar-refractivity contribution in [1.29, 1.82) is 0 Å². The molecule has 0 N–H and O–H groups in total. The molecule has 6 nitrogen and oxygen atoms in total. The van der Waals surface area contributed by atoms with Crippen molar-refractivity contribution in [3.63, 3.8) is 0 Å². The van der Waals surface area contributed by atoms with Gasteiger partial charge < -0.3 is 9.64 Å². The minimum Gasteiger partial charge on any atom is -0.491 e. The van der Waals surface area contributed by atoms with Crippen LogP contribution in [0.1, 0.15) is 26.7 Å². The first-order valence-corrected chi connectivity index (χ1v) is 9.38. The van der Waals surface area contributed by atoms with Gasteiger partial charge in [0.05, 0.1) is 17.5 Å². The van der Waals surface area contributed by atoms with Gasteiger partial charge in [0, 0.05) is 19.1 Å². The summed E-state index contributed by atoms with van der Waals surface area (Å²) in [6, 6.07) is 6.69. The highest BCUT2D eigenvalue weighted by molar-refractivity contribution is 7.89. The van der Waals surface area contributed by atoms with E-state index in [9.17, 15) is 13.2 Å². The second kappa shape index (κ2) is 6.13. The highest BCUT2D eigenvalue weighted by atomic mass is 32.2. The Hall–Kier alpha value is -1.60. The zero-order chi connectivity index (χ0) is 16.6. The summed E-state index contributed by atoms with van der Waals surface area (Å²) in [5.41, 5.74) is 0. The van der Waals surface area contributed by atoms with Crippen molar-refractivity contribution in [2.24, 2.45) is 0 Å². The number of ether oxygens (including phenoxy) is 1. The van der Waals surface area contributed by atoms with Crippen molar-refractivity contribution >= 4 is 15.9 Å². The first-order chi connectivity index (χ1) is 10.9. The number of hydrogen-bond acceptors (Lipinski definition) is 4. The van der Waals surface area contributed by atoms with Gasteiger partial charge in [-0.2, -0.15) is 4.31 Å². The summed E-state index contributed by atoms with van der Waals surface area (Å²) < 4.78 is 32.1. The molecule has 3 rings (SSSR count). The van der Waals surface area contributed by atoms with Crippen LogP contribution in [0.3, 0.4) is 0 Å². The number of hydrogen-bond donors (Lipinski definition) is 0. The van der Waals surface area contributed by atoms with E-state index in [1.54, 1.807) is 12.1 Å². The Morgan fingerprint density at radius 2 is 1.78 bits per heavy atom. The maximum Gasteiger partial charge on any atom is 0.243 e. The SMILES string of the molecule is CC(C)Oc1ccc(S(=O)(=O)N2CCN(C3CC3)C(=O)C2)cc1. The van der Waals surface area contributed by atoms with Crippen LogP contribution in [0.15, 0.2) is 29.2 Å². The van der Waals surface area contributed by atoms with Crippen LogP contribution in [0, 0.1) is 0 Å². The fraction of sp³-hybridized carbons (Fsp3) is 0.562. The van der Waals surface area contributed by atoms with Gasteiger partial charge in [-0.05, 0) is 51.0 Å². The lowest BCUT2D eigenvalue weighted by molar-refractivity contribution is -0.134. The summed E-state index contributed by atoms with van der Waals surface area (Å²) in [7, 11) is -3.64. The molecule has 1 amide bonds. The minimum atomic E-state index is -3.64. The van der Waals surface area contributed by atoms with Gasteiger partial charge in [0.2, 0.25) is 15.9 Å². The Bertz CT molecular complexity index is 681. The standard InChI is InChI=1S/C16H22N2O4S/c1-12(2)22-14-5-7-15(8-6-14)23(20,21)17-9-10-18(13-3-4-13)16(19)11-17/h5-8,12-13H,3-4,9-11H2,1-2H3. The molecule has 0 unspecified atom stereocenters. The number of amides is 1. The van der Waals surface area contributed by atoms with Crippen LogP contribution in [0.25, 0.3) is 0 Å². The molecule has 0 aromatic heterocycles. The lowest BCUT2D eigenvalue weighted by Gasteiger charge is -2.33. The van der Waals surface area contributed by atoms with E-state index in [0.29, 0.717) is 24.9 Å². The van der Waals surface area contributed by atoms with E-state index >= 15 is 0 Å². The second-order valence-corrected chi connectivity index (χ2v) is 8.23. The van der Waals surface area contributed by atoms with E-state index in [1.165, 1.54) is 16.4 Å². The summed E-state index contributed by atoms with van der Waals surface area (Å²) in [6.45, 7) is 4.60. The molecule has 1 aliphatic carbocycles. The lowest BCUT2D eigenvalue weighted by atomic mass is 10.3. The minimum absolute atomic E-state index is 0.0329. The third-order valence-electron chi connectivity index (χ3n) is 4.04. The van der Waals surface area contributed by atoms with Gasteiger partial charge in [0.25, 0.3) is 0 Å². The largest absolute Gasteiger partial charge is 0.491 e. The first kappa shape index (κ1) is 16.3. The third-order valence-corrected chi connectivity index (χ3v) is 5.90. The Balaban J connectivity index is 1.72. The summed E-state index contributed by atoms with van der Waals surface area (Å²) >= 11 is 0. The summed E-state index contributed by atoms with van der Waals surface area (Å²) in [5.74, 6) is 0.538. The van der Waals surface area contributed by atoms with E-state index < -0.39 is 10.0 Å². The average molecular weight is 338 g/mol. The van der Waals surface area contributed by atoms with Gasteiger partial charge >= 0.3 is 0 Å². The molecule has 1 aromatic rings. The number of piperazine rings is 1. The first-order valence-electron chi connectivity index (χ1n) is 7.94. The molecule has 1 heterocycles. The molecule has 0 spiro atoms. The number of carbonyl (C=O) groups is 1. The fourth-order valence-corrected chi connectivity index (χ4v) is 4.13. The maximum absolute atomic E-state index is 12.7. The summed E-state index contributed by atoms with van der Waals surface area (Å²) in [4.78, 5) is 14.1. The molecule has 1 saturated heterocycles. The third kappa shape index (κ3) is 3.50. The van der Waals surface area contributed by atoms with E-state index in [1.807, 2.05) is 18.7 Å². The van der Waals surface area contributed by atoms with E-state index in [0.717, 1.165) is 12.8 Å². The van der Waals surface area contributed by atoms with Crippen LogP contribution in [-0.4, -0.2) is 55.3 Å². The Morgan fingerprint density at radius 3 is 2.30 bits per heavy atom. The predicted molar refractivity (Wildman–Crippen MR) is 85.7 cm³/mol. The van der Waals surface area contributed by atoms with Gasteiger partial charge in [0.15, 0.2) is 0 Å². The van der Waals surface area contributed by atoms with Crippen molar-refractivity contribution < 1.29 is 17.9 Å². The molecule has 0 bridgehead atoms. The normalized spacial score (nSPS) is 20.1. The number of benzene rings is 1. The zero-order valence-corrected chi connectivity index (χ0v) is 14.3. The highest BCUT2D eigenvalue weighted by Crippen LogP contribution is 2.29. The van der Waals surface area contributed by atoms with Crippen molar-refractivity contribution in [3.05, 3.63) is 24.3 Å². The Kier molecular flexibility index (Phi) is 4.33. The van der Waals surface area contributed by atoms with Crippen LogP contribution >= 0.6 is 0 Å². The predicted octanol–water partition coefficient (Wildman–Crippen LogP) is 1.47. The Morgan fingerprint density at radius 1 is 1.13 bits per heavy atom. The highest BCUT2D eigenvalue weighted by Gasteiger charge is 2.39. The molecular formula is C16H22N2O4S. The average Bonchev–Trinajstić information content (AvgIpc) is 3.31. The second-order valence-electron chi connectivity index (χ2n) is 6.29.